The van der Waals surface area contributed by atoms with Crippen LogP contribution in [0.1, 0.15) is 32.3 Å². The van der Waals surface area contributed by atoms with Crippen molar-refractivity contribution in [1.29, 1.82) is 0 Å². The van der Waals surface area contributed by atoms with Crippen LogP contribution in [0.2, 0.25) is 0 Å². The predicted octanol–water partition coefficient (Wildman–Crippen LogP) is 2.71. The number of rotatable bonds is 7. The second-order valence-corrected chi connectivity index (χ2v) is 5.95. The van der Waals surface area contributed by atoms with Crippen molar-refractivity contribution in [3.8, 4) is 12.3 Å². The highest BCUT2D eigenvalue weighted by atomic mass is 16.6. The van der Waals surface area contributed by atoms with Gasteiger partial charge in [-0.3, -0.25) is 4.90 Å². The summed E-state index contributed by atoms with van der Waals surface area (Å²) in [5, 5.41) is 0. The molecular weight excluding hydrogens is 330 g/mol. The van der Waals surface area contributed by atoms with Gasteiger partial charge >= 0.3 is 11.9 Å². The molecule has 0 saturated carbocycles. The lowest BCUT2D eigenvalue weighted by atomic mass is 9.89. The lowest BCUT2D eigenvalue weighted by molar-refractivity contribution is -0.170. The number of ether oxygens (including phenoxy) is 2. The fourth-order valence-electron chi connectivity index (χ4n) is 3.32. The Bertz CT molecular complexity index is 684. The normalized spacial score (nSPS) is 17.7. The number of carbonyl (C=O) groups is 2. The molecule has 26 heavy (non-hydrogen) atoms. The summed E-state index contributed by atoms with van der Waals surface area (Å²) in [6, 6.07) is 9.71. The van der Waals surface area contributed by atoms with Crippen molar-refractivity contribution in [2.45, 2.75) is 38.8 Å². The molecule has 0 aliphatic carbocycles. The second-order valence-electron chi connectivity index (χ2n) is 5.95. The molecule has 5 nitrogen and oxygen atoms in total. The molecule has 138 valence electrons. The molecule has 0 unspecified atom stereocenters. The standard InChI is InChI=1S/C21H25NO4/c1-4-7-13-18-14-15-22(16-17-11-9-8-10-12-17)21(18,19(23)25-5-2)20(24)26-6-3/h1,8-13H,5-7,14-16H2,2-3H3/b18-13+. The smallest absolute Gasteiger partial charge is 0.342 e. The molecule has 0 N–H and O–H groups in total. The number of hydrogen-bond acceptors (Lipinski definition) is 5. The average Bonchev–Trinajstić information content (AvgIpc) is 3.00. The van der Waals surface area contributed by atoms with Crippen molar-refractivity contribution in [1.82, 2.24) is 4.90 Å². The molecule has 1 aliphatic rings. The third-order valence-corrected chi connectivity index (χ3v) is 4.41. The Morgan fingerprint density at radius 3 is 2.35 bits per heavy atom. The Hall–Kier alpha value is -2.58. The number of benzene rings is 1. The summed E-state index contributed by atoms with van der Waals surface area (Å²) in [6.07, 6.45) is 8.06. The monoisotopic (exact) mass is 355 g/mol. The fourth-order valence-corrected chi connectivity index (χ4v) is 3.32. The summed E-state index contributed by atoms with van der Waals surface area (Å²) in [7, 11) is 0. The first kappa shape index (κ1) is 19.7. The minimum atomic E-state index is -1.57. The molecule has 1 fully saturated rings. The molecule has 5 heteroatoms. The minimum Gasteiger partial charge on any atom is -0.464 e. The largest absolute Gasteiger partial charge is 0.464 e. The molecule has 0 atom stereocenters. The Labute approximate surface area is 155 Å². The van der Waals surface area contributed by atoms with Crippen molar-refractivity contribution < 1.29 is 19.1 Å². The van der Waals surface area contributed by atoms with Gasteiger partial charge in [-0.2, -0.15) is 0 Å². The summed E-state index contributed by atoms with van der Waals surface area (Å²) < 4.78 is 10.6. The Balaban J connectivity index is 2.51. The summed E-state index contributed by atoms with van der Waals surface area (Å²) >= 11 is 0. The van der Waals surface area contributed by atoms with Crippen LogP contribution in [0.15, 0.2) is 42.0 Å². The van der Waals surface area contributed by atoms with E-state index in [1.807, 2.05) is 35.2 Å². The van der Waals surface area contributed by atoms with Gasteiger partial charge in [0.15, 0.2) is 0 Å². The van der Waals surface area contributed by atoms with Crippen molar-refractivity contribution in [2.75, 3.05) is 19.8 Å². The van der Waals surface area contributed by atoms with Crippen LogP contribution in [0.4, 0.5) is 0 Å². The van der Waals surface area contributed by atoms with Gasteiger partial charge in [-0.15, -0.1) is 12.3 Å². The first-order valence-electron chi connectivity index (χ1n) is 8.87. The maximum Gasteiger partial charge on any atom is 0.342 e. The Morgan fingerprint density at radius 2 is 1.81 bits per heavy atom. The SMILES string of the molecule is C#CC/C=C1\CCN(Cc2ccccc2)C1(C(=O)OCC)C(=O)OCC. The van der Waals surface area contributed by atoms with E-state index in [0.717, 1.165) is 5.56 Å². The third kappa shape index (κ3) is 3.81. The zero-order chi connectivity index (χ0) is 19.0. The van der Waals surface area contributed by atoms with E-state index in [4.69, 9.17) is 15.9 Å². The summed E-state index contributed by atoms with van der Waals surface area (Å²) in [6.45, 7) is 4.79. The first-order chi connectivity index (χ1) is 12.6. The number of terminal acetylenes is 1. The molecule has 2 rings (SSSR count). The quantitative estimate of drug-likeness (QED) is 0.326. The van der Waals surface area contributed by atoms with Gasteiger partial charge in [0.05, 0.1) is 13.2 Å². The van der Waals surface area contributed by atoms with E-state index in [0.29, 0.717) is 31.5 Å². The van der Waals surface area contributed by atoms with Gasteiger partial charge in [0.1, 0.15) is 0 Å². The van der Waals surface area contributed by atoms with Crippen molar-refractivity contribution in [2.24, 2.45) is 0 Å². The van der Waals surface area contributed by atoms with Crippen molar-refractivity contribution >= 4 is 11.9 Å². The minimum absolute atomic E-state index is 0.182. The second kappa shape index (κ2) is 9.21. The highest BCUT2D eigenvalue weighted by Crippen LogP contribution is 2.38. The van der Waals surface area contributed by atoms with Gasteiger partial charge in [0.25, 0.3) is 0 Å². The van der Waals surface area contributed by atoms with Gasteiger partial charge in [-0.25, -0.2) is 9.59 Å². The van der Waals surface area contributed by atoms with Crippen LogP contribution in [-0.2, 0) is 25.6 Å². The van der Waals surface area contributed by atoms with Crippen LogP contribution in [0.5, 0.6) is 0 Å². The molecule has 0 bridgehead atoms. The van der Waals surface area contributed by atoms with E-state index in [1.54, 1.807) is 19.9 Å². The number of hydrogen-bond donors (Lipinski definition) is 0. The van der Waals surface area contributed by atoms with Crippen molar-refractivity contribution in [3.05, 3.63) is 47.5 Å². The van der Waals surface area contributed by atoms with E-state index in [2.05, 4.69) is 5.92 Å². The average molecular weight is 355 g/mol. The van der Waals surface area contributed by atoms with Crippen LogP contribution in [0.3, 0.4) is 0 Å². The van der Waals surface area contributed by atoms with E-state index in [9.17, 15) is 9.59 Å². The number of nitrogens with zero attached hydrogens (tertiary/aromatic N) is 1. The lowest BCUT2D eigenvalue weighted by Gasteiger charge is -2.34. The molecule has 1 heterocycles. The van der Waals surface area contributed by atoms with Gasteiger partial charge in [-0.05, 0) is 31.4 Å². The molecule has 0 spiro atoms. The van der Waals surface area contributed by atoms with Gasteiger partial charge in [0.2, 0.25) is 5.54 Å². The van der Waals surface area contributed by atoms with Crippen LogP contribution in [0, 0.1) is 12.3 Å². The predicted molar refractivity (Wildman–Crippen MR) is 99.0 cm³/mol. The zero-order valence-corrected chi connectivity index (χ0v) is 15.4. The highest BCUT2D eigenvalue weighted by Gasteiger charge is 2.59. The topological polar surface area (TPSA) is 55.8 Å². The number of likely N-dealkylation sites (tertiary alicyclic amines) is 1. The Morgan fingerprint density at radius 1 is 1.19 bits per heavy atom. The zero-order valence-electron chi connectivity index (χ0n) is 15.4. The lowest BCUT2D eigenvalue weighted by Crippen LogP contribution is -2.58. The van der Waals surface area contributed by atoms with Crippen LogP contribution >= 0.6 is 0 Å². The maximum absolute atomic E-state index is 13.0. The van der Waals surface area contributed by atoms with E-state index in [1.165, 1.54) is 0 Å². The molecule has 0 aromatic heterocycles. The van der Waals surface area contributed by atoms with Crippen molar-refractivity contribution in [3.63, 3.8) is 0 Å². The fraction of sp³-hybridized carbons (Fsp3) is 0.429. The first-order valence-corrected chi connectivity index (χ1v) is 8.87. The van der Waals surface area contributed by atoms with E-state index >= 15 is 0 Å². The number of esters is 2. The van der Waals surface area contributed by atoms with Gasteiger partial charge in [0, 0.05) is 19.5 Å². The maximum atomic E-state index is 13.0. The van der Waals surface area contributed by atoms with E-state index < -0.39 is 17.5 Å². The highest BCUT2D eigenvalue weighted by molar-refractivity contribution is 6.09. The molecule has 1 aromatic rings. The molecule has 0 radical (unpaired) electrons. The van der Waals surface area contributed by atoms with Gasteiger partial charge < -0.3 is 9.47 Å². The number of carbonyl (C=O) groups excluding carboxylic acids is 2. The molecule has 1 saturated heterocycles. The molecule has 1 aliphatic heterocycles. The van der Waals surface area contributed by atoms with Gasteiger partial charge in [-0.1, -0.05) is 36.4 Å². The van der Waals surface area contributed by atoms with Crippen LogP contribution < -0.4 is 0 Å². The van der Waals surface area contributed by atoms with Crippen LogP contribution in [0.25, 0.3) is 0 Å². The van der Waals surface area contributed by atoms with Crippen LogP contribution in [-0.4, -0.2) is 42.1 Å². The van der Waals surface area contributed by atoms with E-state index in [-0.39, 0.29) is 13.2 Å². The summed E-state index contributed by atoms with van der Waals surface area (Å²) in [5.74, 6) is 1.34. The summed E-state index contributed by atoms with van der Waals surface area (Å²) in [4.78, 5) is 27.8. The number of allylic oxidation sites excluding steroid dienone is 1. The molecular formula is C21H25NO4. The Kier molecular flexibility index (Phi) is 6.99. The molecule has 1 aromatic carbocycles. The third-order valence-electron chi connectivity index (χ3n) is 4.41. The summed E-state index contributed by atoms with van der Waals surface area (Å²) in [5.41, 5.74) is 0.0885. The molecule has 0 amide bonds.